The molecule has 6 rings (SSSR count). The normalized spacial score (nSPS) is 13.8. The fraction of sp³-hybridized carbons (Fsp3) is 0.432. The molecule has 0 fully saturated rings. The number of ether oxygens (including phenoxy) is 4. The van der Waals surface area contributed by atoms with Crippen LogP contribution in [0.15, 0.2) is 27.3 Å². The number of aliphatic hydroxyl groups is 3. The van der Waals surface area contributed by atoms with Gasteiger partial charge >= 0.3 is 11.9 Å². The molecule has 0 aromatic heterocycles. The number of carbonyl (C=O) groups is 3. The molecule has 0 saturated heterocycles. The van der Waals surface area contributed by atoms with Crippen molar-refractivity contribution in [2.24, 2.45) is 0 Å². The maximum atomic E-state index is 14.9. The van der Waals surface area contributed by atoms with Gasteiger partial charge in [0.25, 0.3) is 0 Å². The van der Waals surface area contributed by atoms with Gasteiger partial charge in [-0.3, -0.25) is 24.0 Å². The van der Waals surface area contributed by atoms with Crippen molar-refractivity contribution in [2.45, 2.75) is 77.9 Å². The number of fused-ring (bicyclic) bond motifs is 1. The number of benzene rings is 5. The van der Waals surface area contributed by atoms with Gasteiger partial charge in [-0.2, -0.15) is 0 Å². The average Bonchev–Trinajstić information content (AvgIpc) is 3.33. The quantitative estimate of drug-likeness (QED) is 0.0312. The number of unbranched alkanes of at least 4 members (excludes halogenated alkanes) is 1. The van der Waals surface area contributed by atoms with Gasteiger partial charge in [-0.1, -0.05) is 11.6 Å². The fourth-order valence-corrected chi connectivity index (χ4v) is 8.56. The SMILES string of the molecule is COCCOC(=O)CCCCc1c(O)c2c(=O)cc(CO)c3c4c(CO)cc(NCCCC(=O)OCCCO)c5c(=O)c(OC)c6c(c(c1C=C(C)C6C(C)=O)c23)c54. The molecule has 0 spiro atoms. The molecule has 0 amide bonds. The molecule has 308 valence electrons. The molecular weight excluding hydrogens is 750 g/mol. The maximum Gasteiger partial charge on any atom is 0.305 e. The van der Waals surface area contributed by atoms with Crippen LogP contribution in [-0.2, 0) is 48.2 Å². The number of rotatable bonds is 20. The predicted octanol–water partition coefficient (Wildman–Crippen LogP) is 4.70. The van der Waals surface area contributed by atoms with E-state index in [-0.39, 0.29) is 91.4 Å². The van der Waals surface area contributed by atoms with Crippen molar-refractivity contribution in [3.63, 3.8) is 0 Å². The second-order valence-corrected chi connectivity index (χ2v) is 14.6. The molecule has 58 heavy (non-hydrogen) atoms. The van der Waals surface area contributed by atoms with Gasteiger partial charge in [0, 0.05) is 67.1 Å². The molecule has 14 nitrogen and oxygen atoms in total. The lowest BCUT2D eigenvalue weighted by molar-refractivity contribution is -0.145. The molecule has 0 bridgehead atoms. The first-order valence-electron chi connectivity index (χ1n) is 19.5. The van der Waals surface area contributed by atoms with E-state index in [9.17, 15) is 39.3 Å². The Labute approximate surface area is 333 Å². The smallest absolute Gasteiger partial charge is 0.305 e. The number of anilines is 1. The number of esters is 2. The maximum absolute atomic E-state index is 14.9. The first kappa shape index (κ1) is 42.2. The number of hydrogen-bond acceptors (Lipinski definition) is 14. The Morgan fingerprint density at radius 2 is 1.41 bits per heavy atom. The van der Waals surface area contributed by atoms with E-state index in [1.807, 2.05) is 0 Å². The molecule has 14 heteroatoms. The lowest BCUT2D eigenvalue weighted by Crippen LogP contribution is -2.19. The van der Waals surface area contributed by atoms with Gasteiger partial charge in [-0.05, 0) is 89.9 Å². The summed E-state index contributed by atoms with van der Waals surface area (Å²) in [6.45, 7) is 2.69. The van der Waals surface area contributed by atoms with Crippen LogP contribution >= 0.6 is 0 Å². The van der Waals surface area contributed by atoms with Gasteiger partial charge in [-0.15, -0.1) is 0 Å². The Morgan fingerprint density at radius 1 is 0.759 bits per heavy atom. The molecule has 0 saturated carbocycles. The number of nitrogens with one attached hydrogen (secondary N) is 1. The van der Waals surface area contributed by atoms with E-state index < -0.39 is 41.9 Å². The number of Topliss-reactive ketones (excluding diaryl/α,β-unsaturated/α-hetero) is 1. The van der Waals surface area contributed by atoms with Crippen LogP contribution in [0.1, 0.15) is 86.1 Å². The molecule has 1 unspecified atom stereocenters. The van der Waals surface area contributed by atoms with Gasteiger partial charge in [-0.25, -0.2) is 0 Å². The lowest BCUT2D eigenvalue weighted by Gasteiger charge is -2.26. The molecule has 1 aliphatic carbocycles. The molecule has 0 radical (unpaired) electrons. The van der Waals surface area contributed by atoms with Gasteiger partial charge in [0.05, 0.1) is 50.2 Å². The number of methoxy groups -OCH3 is 2. The topological polar surface area (TPSA) is 215 Å². The van der Waals surface area contributed by atoms with Crippen LogP contribution in [0.4, 0.5) is 5.69 Å². The van der Waals surface area contributed by atoms with Gasteiger partial charge in [0.1, 0.15) is 18.1 Å². The van der Waals surface area contributed by atoms with E-state index in [2.05, 4.69) is 5.32 Å². The summed E-state index contributed by atoms with van der Waals surface area (Å²) in [5.74, 6) is -2.46. The van der Waals surface area contributed by atoms with E-state index in [1.54, 1.807) is 19.1 Å². The van der Waals surface area contributed by atoms with Crippen LogP contribution in [0, 0.1) is 0 Å². The monoisotopic (exact) mass is 799 g/mol. The number of allylic oxidation sites excluding steroid dienone is 1. The Morgan fingerprint density at radius 3 is 2.05 bits per heavy atom. The fourth-order valence-electron chi connectivity index (χ4n) is 8.56. The third-order valence-corrected chi connectivity index (χ3v) is 11.0. The second-order valence-electron chi connectivity index (χ2n) is 14.6. The Hall–Kier alpha value is -5.41. The van der Waals surface area contributed by atoms with Crippen LogP contribution in [0.5, 0.6) is 11.5 Å². The van der Waals surface area contributed by atoms with Crippen LogP contribution in [0.25, 0.3) is 49.2 Å². The van der Waals surface area contributed by atoms with Crippen molar-refractivity contribution >= 4 is 72.6 Å². The number of ketones is 1. The van der Waals surface area contributed by atoms with E-state index in [1.165, 1.54) is 27.2 Å². The molecule has 5 aromatic carbocycles. The van der Waals surface area contributed by atoms with Crippen LogP contribution in [0.2, 0.25) is 0 Å². The third kappa shape index (κ3) is 7.52. The van der Waals surface area contributed by atoms with Gasteiger partial charge < -0.3 is 44.7 Å². The zero-order valence-electron chi connectivity index (χ0n) is 33.2. The Bertz CT molecular complexity index is 2540. The highest BCUT2D eigenvalue weighted by atomic mass is 16.6. The lowest BCUT2D eigenvalue weighted by atomic mass is 9.78. The largest absolute Gasteiger partial charge is 0.507 e. The molecule has 0 aliphatic heterocycles. The summed E-state index contributed by atoms with van der Waals surface area (Å²) < 4.78 is 21.2. The summed E-state index contributed by atoms with van der Waals surface area (Å²) in [4.78, 5) is 67.4. The summed E-state index contributed by atoms with van der Waals surface area (Å²) in [6.07, 6.45) is 3.67. The van der Waals surface area contributed by atoms with Gasteiger partial charge in [0.2, 0.25) is 5.43 Å². The second kappa shape index (κ2) is 18.0. The third-order valence-electron chi connectivity index (χ3n) is 11.0. The van der Waals surface area contributed by atoms with E-state index in [0.29, 0.717) is 86.0 Å². The summed E-state index contributed by atoms with van der Waals surface area (Å²) in [5.41, 5.74) is 1.59. The van der Waals surface area contributed by atoms with Crippen molar-refractivity contribution < 1.29 is 53.8 Å². The first-order valence-corrected chi connectivity index (χ1v) is 19.5. The van der Waals surface area contributed by atoms with Crippen molar-refractivity contribution in [1.29, 1.82) is 0 Å². The number of phenolic OH excluding ortho intramolecular Hbond substituents is 1. The number of aromatic hydroxyl groups is 1. The molecule has 1 atom stereocenters. The summed E-state index contributed by atoms with van der Waals surface area (Å²) >= 11 is 0. The number of phenols is 1. The minimum atomic E-state index is -0.977. The molecule has 5 N–H and O–H groups in total. The highest BCUT2D eigenvalue weighted by Gasteiger charge is 2.36. The average molecular weight is 800 g/mol. The van der Waals surface area contributed by atoms with E-state index in [4.69, 9.17) is 24.1 Å². The first-order chi connectivity index (χ1) is 27.9. The van der Waals surface area contributed by atoms with Crippen molar-refractivity contribution in [3.05, 3.63) is 66.0 Å². The van der Waals surface area contributed by atoms with Crippen molar-refractivity contribution in [2.75, 3.05) is 52.5 Å². The number of carbonyl (C=O) groups excluding carboxylic acids is 3. The predicted molar refractivity (Wildman–Crippen MR) is 219 cm³/mol. The van der Waals surface area contributed by atoms with Crippen LogP contribution in [-0.4, -0.2) is 85.3 Å². The molecule has 1 aliphatic rings. The number of aliphatic hydroxyl groups excluding tert-OH is 3. The molecular formula is C44H49NO13. The van der Waals surface area contributed by atoms with Crippen molar-refractivity contribution in [3.8, 4) is 11.5 Å². The zero-order chi connectivity index (χ0) is 41.8. The van der Waals surface area contributed by atoms with Gasteiger partial charge in [0.15, 0.2) is 11.2 Å². The highest BCUT2D eigenvalue weighted by Crippen LogP contribution is 2.54. The summed E-state index contributed by atoms with van der Waals surface area (Å²) in [7, 11) is 2.86. The van der Waals surface area contributed by atoms with Crippen LogP contribution < -0.4 is 20.9 Å². The molecule has 0 heterocycles. The standard InChI is InChI=1S/C44H49NO13/c1-22-17-27-26(9-5-6-10-30(51)58-16-15-55-3)42(53)37-29(50)19-25(21-48)34-33-24(20-47)18-28(45-12-7-11-31(52)57-14-8-13-46)36-39(33)40(35(27)38(34)37)41(32(22)23(2)49)44(56-4)43(36)54/h17-19,32,45-48,53H,5-16,20-21H2,1-4H3. The van der Waals surface area contributed by atoms with E-state index in [0.717, 1.165) is 0 Å². The Balaban J connectivity index is 1.67. The minimum Gasteiger partial charge on any atom is -0.507 e. The summed E-state index contributed by atoms with van der Waals surface area (Å²) in [6, 6.07) is 2.87. The zero-order valence-corrected chi connectivity index (χ0v) is 33.2. The van der Waals surface area contributed by atoms with Crippen molar-refractivity contribution in [1.82, 2.24) is 0 Å². The summed E-state index contributed by atoms with van der Waals surface area (Å²) in [5, 5.41) is 48.7. The molecule has 5 aromatic rings. The minimum absolute atomic E-state index is 0.0147. The Kier molecular flexibility index (Phi) is 13.1. The highest BCUT2D eigenvalue weighted by molar-refractivity contribution is 6.39. The van der Waals surface area contributed by atoms with E-state index >= 15 is 0 Å². The van der Waals surface area contributed by atoms with Crippen LogP contribution in [0.3, 0.4) is 0 Å². The number of hydrogen-bond donors (Lipinski definition) is 5.